The average molecular weight is 282 g/mol. The molecule has 21 heavy (non-hydrogen) atoms. The number of carboxylic acid groups (broad SMARTS) is 1. The molecule has 104 valence electrons. The molecular weight excluding hydrogens is 272 g/mol. The molecule has 5 nitrogen and oxygen atoms in total. The largest absolute Gasteiger partial charge is 0.478 e. The molecule has 0 unspecified atom stereocenters. The molecule has 0 atom stereocenters. The van der Waals surface area contributed by atoms with E-state index in [-0.39, 0.29) is 23.1 Å². The van der Waals surface area contributed by atoms with Crippen LogP contribution in [-0.2, 0) is 11.2 Å². The molecule has 0 aliphatic carbocycles. The summed E-state index contributed by atoms with van der Waals surface area (Å²) in [4.78, 5) is 35.5. The summed E-state index contributed by atoms with van der Waals surface area (Å²) in [7, 11) is 0. The van der Waals surface area contributed by atoms with E-state index in [9.17, 15) is 19.5 Å². The lowest BCUT2D eigenvalue weighted by molar-refractivity contribution is 0.0392. The van der Waals surface area contributed by atoms with Gasteiger partial charge in [0, 0.05) is 0 Å². The third-order valence-corrected chi connectivity index (χ3v) is 3.39. The van der Waals surface area contributed by atoms with Crippen LogP contribution in [0, 0.1) is 0 Å². The Morgan fingerprint density at radius 2 is 1.52 bits per heavy atom. The monoisotopic (exact) mass is 282 g/mol. The number of carbonyl (C=O) groups excluding carboxylic acids is 2. The van der Waals surface area contributed by atoms with Crippen molar-refractivity contribution in [1.82, 2.24) is 0 Å². The van der Waals surface area contributed by atoms with Gasteiger partial charge in [0.2, 0.25) is 0 Å². The van der Waals surface area contributed by atoms with Gasteiger partial charge in [0.1, 0.15) is 0 Å². The highest BCUT2D eigenvalue weighted by Crippen LogP contribution is 2.24. The molecule has 0 amide bonds. The summed E-state index contributed by atoms with van der Waals surface area (Å²) >= 11 is 0. The first kappa shape index (κ1) is 13.1. The Kier molecular flexibility index (Phi) is 3.02. The molecule has 2 aromatic rings. The van der Waals surface area contributed by atoms with Crippen LogP contribution < -0.4 is 0 Å². The SMILES string of the molecule is O=C1OC(=O)c2cccc(c2C(=O)O)Cc2ccccc21. The van der Waals surface area contributed by atoms with Gasteiger partial charge in [0.05, 0.1) is 16.7 Å². The van der Waals surface area contributed by atoms with Gasteiger partial charge < -0.3 is 9.84 Å². The molecule has 0 radical (unpaired) electrons. The molecular formula is C16H10O5. The standard InChI is InChI=1S/C16H10O5/c17-14(18)13-10-5-3-7-12(13)16(20)21-15(19)11-6-2-1-4-9(11)8-10/h1-7H,8H2,(H,17,18). The van der Waals surface area contributed by atoms with Gasteiger partial charge >= 0.3 is 17.9 Å². The zero-order valence-corrected chi connectivity index (χ0v) is 10.8. The number of carboxylic acids is 1. The van der Waals surface area contributed by atoms with E-state index in [0.717, 1.165) is 0 Å². The van der Waals surface area contributed by atoms with Gasteiger partial charge in [0.25, 0.3) is 0 Å². The van der Waals surface area contributed by atoms with Crippen LogP contribution in [0.1, 0.15) is 42.2 Å². The number of ether oxygens (including phenoxy) is 1. The number of fused-ring (bicyclic) bond motifs is 3. The molecule has 0 spiro atoms. The summed E-state index contributed by atoms with van der Waals surface area (Å²) in [6.07, 6.45) is 0.244. The third kappa shape index (κ3) is 2.18. The Bertz CT molecular complexity index is 776. The predicted molar refractivity (Wildman–Crippen MR) is 72.4 cm³/mol. The minimum Gasteiger partial charge on any atom is -0.478 e. The number of carbonyl (C=O) groups is 3. The summed E-state index contributed by atoms with van der Waals surface area (Å²) in [6.45, 7) is 0. The highest BCUT2D eigenvalue weighted by atomic mass is 16.6. The lowest BCUT2D eigenvalue weighted by atomic mass is 9.94. The van der Waals surface area contributed by atoms with Crippen molar-refractivity contribution in [2.24, 2.45) is 0 Å². The fourth-order valence-electron chi connectivity index (χ4n) is 2.44. The van der Waals surface area contributed by atoms with Crippen molar-refractivity contribution in [3.63, 3.8) is 0 Å². The smallest absolute Gasteiger partial charge is 0.346 e. The second-order valence-corrected chi connectivity index (χ2v) is 4.66. The maximum Gasteiger partial charge on any atom is 0.346 e. The van der Waals surface area contributed by atoms with Crippen LogP contribution in [0.5, 0.6) is 0 Å². The number of benzene rings is 2. The van der Waals surface area contributed by atoms with E-state index in [2.05, 4.69) is 0 Å². The van der Waals surface area contributed by atoms with Crippen molar-refractivity contribution < 1.29 is 24.2 Å². The molecule has 0 saturated carbocycles. The molecule has 2 bridgehead atoms. The van der Waals surface area contributed by atoms with Crippen molar-refractivity contribution in [2.75, 3.05) is 0 Å². The van der Waals surface area contributed by atoms with Gasteiger partial charge in [-0.1, -0.05) is 30.3 Å². The Labute approximate surface area is 119 Å². The minimum atomic E-state index is -1.22. The van der Waals surface area contributed by atoms with Gasteiger partial charge in [-0.2, -0.15) is 0 Å². The van der Waals surface area contributed by atoms with Crippen molar-refractivity contribution in [1.29, 1.82) is 0 Å². The van der Waals surface area contributed by atoms with Crippen LogP contribution in [0.2, 0.25) is 0 Å². The topological polar surface area (TPSA) is 80.7 Å². The molecule has 0 fully saturated rings. The highest BCUT2D eigenvalue weighted by Gasteiger charge is 2.27. The number of hydrogen-bond acceptors (Lipinski definition) is 4. The van der Waals surface area contributed by atoms with Crippen molar-refractivity contribution in [3.05, 3.63) is 70.3 Å². The minimum absolute atomic E-state index is 0.110. The van der Waals surface area contributed by atoms with Crippen LogP contribution >= 0.6 is 0 Å². The van der Waals surface area contributed by atoms with Gasteiger partial charge in [0.15, 0.2) is 0 Å². The predicted octanol–water partition coefficient (Wildman–Crippen LogP) is 2.29. The number of hydrogen-bond donors (Lipinski definition) is 1. The molecule has 1 heterocycles. The van der Waals surface area contributed by atoms with E-state index in [4.69, 9.17) is 4.74 Å². The zero-order chi connectivity index (χ0) is 15.0. The van der Waals surface area contributed by atoms with E-state index in [1.165, 1.54) is 6.07 Å². The summed E-state index contributed by atoms with van der Waals surface area (Å²) in [6, 6.07) is 11.2. The van der Waals surface area contributed by atoms with Gasteiger partial charge in [-0.25, -0.2) is 14.4 Å². The number of aromatic carboxylic acids is 1. The van der Waals surface area contributed by atoms with Crippen LogP contribution in [-0.4, -0.2) is 23.0 Å². The van der Waals surface area contributed by atoms with Crippen molar-refractivity contribution in [3.8, 4) is 0 Å². The fourth-order valence-corrected chi connectivity index (χ4v) is 2.44. The summed E-state index contributed by atoms with van der Waals surface area (Å²) in [5.41, 5.74) is 1.13. The molecule has 1 N–H and O–H groups in total. The van der Waals surface area contributed by atoms with Crippen LogP contribution in [0.4, 0.5) is 0 Å². The van der Waals surface area contributed by atoms with E-state index in [1.54, 1.807) is 36.4 Å². The Balaban J connectivity index is 2.28. The van der Waals surface area contributed by atoms with Crippen molar-refractivity contribution in [2.45, 2.75) is 6.42 Å². The lowest BCUT2D eigenvalue weighted by Gasteiger charge is -2.08. The molecule has 5 heteroatoms. The zero-order valence-electron chi connectivity index (χ0n) is 10.8. The summed E-state index contributed by atoms with van der Waals surface area (Å²) in [5, 5.41) is 9.36. The second kappa shape index (κ2) is 4.86. The molecule has 0 aromatic heterocycles. The Morgan fingerprint density at radius 1 is 0.905 bits per heavy atom. The molecule has 2 aromatic carbocycles. The molecule has 1 aliphatic heterocycles. The van der Waals surface area contributed by atoms with Crippen molar-refractivity contribution >= 4 is 17.9 Å². The normalized spacial score (nSPS) is 13.5. The molecule has 1 aliphatic rings. The Morgan fingerprint density at radius 3 is 2.29 bits per heavy atom. The lowest BCUT2D eigenvalue weighted by Crippen LogP contribution is -2.16. The van der Waals surface area contributed by atoms with E-state index in [0.29, 0.717) is 11.1 Å². The summed E-state index contributed by atoms with van der Waals surface area (Å²) < 4.78 is 4.79. The number of esters is 2. The first-order valence-corrected chi connectivity index (χ1v) is 6.27. The highest BCUT2D eigenvalue weighted by molar-refractivity contribution is 6.09. The third-order valence-electron chi connectivity index (χ3n) is 3.39. The molecule has 0 saturated heterocycles. The van der Waals surface area contributed by atoms with Gasteiger partial charge in [-0.3, -0.25) is 0 Å². The summed E-state index contributed by atoms with van der Waals surface area (Å²) in [5.74, 6) is -2.94. The van der Waals surface area contributed by atoms with Crippen LogP contribution in [0.3, 0.4) is 0 Å². The van der Waals surface area contributed by atoms with Gasteiger partial charge in [-0.15, -0.1) is 0 Å². The quantitative estimate of drug-likeness (QED) is 0.641. The second-order valence-electron chi connectivity index (χ2n) is 4.66. The van der Waals surface area contributed by atoms with Gasteiger partial charge in [-0.05, 0) is 29.7 Å². The average Bonchev–Trinajstić information content (AvgIpc) is 2.48. The maximum atomic E-state index is 12.0. The van der Waals surface area contributed by atoms with E-state index < -0.39 is 17.9 Å². The number of rotatable bonds is 1. The van der Waals surface area contributed by atoms with Crippen LogP contribution in [0.25, 0.3) is 0 Å². The van der Waals surface area contributed by atoms with Crippen LogP contribution in [0.15, 0.2) is 42.5 Å². The van der Waals surface area contributed by atoms with E-state index in [1.807, 2.05) is 0 Å². The fraction of sp³-hybridized carbons (Fsp3) is 0.0625. The first-order valence-electron chi connectivity index (χ1n) is 6.27. The molecule has 3 rings (SSSR count). The first-order chi connectivity index (χ1) is 10.1. The number of cyclic esters (lactones) is 2. The maximum absolute atomic E-state index is 12.0. The Hall–Kier alpha value is -2.95. The van der Waals surface area contributed by atoms with E-state index >= 15 is 0 Å².